The van der Waals surface area contributed by atoms with Crippen molar-refractivity contribution in [2.75, 3.05) is 12.4 Å². The molecule has 1 rings (SSSR count). The van der Waals surface area contributed by atoms with Crippen LogP contribution in [0.15, 0.2) is 18.2 Å². The molecule has 1 atom stereocenters. The molecule has 0 aromatic heterocycles. The summed E-state index contributed by atoms with van der Waals surface area (Å²) in [6.45, 7) is 1.89. The number of benzene rings is 1. The number of rotatable bonds is 6. The first kappa shape index (κ1) is 13.2. The topological polar surface area (TPSA) is 78.8 Å². The minimum atomic E-state index is -0.809. The van der Waals surface area contributed by atoms with E-state index in [1.54, 1.807) is 18.2 Å². The first-order valence-electron chi connectivity index (χ1n) is 5.38. The SMILES string of the molecule is COc1ccc(NC(C)CCC(=O)O)cc1O. The minimum Gasteiger partial charge on any atom is -0.504 e. The van der Waals surface area contributed by atoms with Crippen molar-refractivity contribution >= 4 is 11.7 Å². The number of aliphatic carboxylic acids is 1. The molecule has 1 unspecified atom stereocenters. The average Bonchev–Trinajstić information content (AvgIpc) is 2.26. The van der Waals surface area contributed by atoms with E-state index in [1.165, 1.54) is 7.11 Å². The van der Waals surface area contributed by atoms with Crippen LogP contribution in [0, 0.1) is 0 Å². The van der Waals surface area contributed by atoms with Crippen LogP contribution >= 0.6 is 0 Å². The molecule has 0 aliphatic heterocycles. The molecule has 0 aliphatic rings. The van der Waals surface area contributed by atoms with Crippen LogP contribution in [0.2, 0.25) is 0 Å². The van der Waals surface area contributed by atoms with E-state index >= 15 is 0 Å². The highest BCUT2D eigenvalue weighted by Gasteiger charge is 2.07. The second kappa shape index (κ2) is 5.98. The summed E-state index contributed by atoms with van der Waals surface area (Å²) < 4.78 is 4.93. The molecule has 0 aliphatic carbocycles. The second-order valence-corrected chi connectivity index (χ2v) is 3.86. The molecule has 5 nitrogen and oxygen atoms in total. The highest BCUT2D eigenvalue weighted by molar-refractivity contribution is 5.66. The first-order chi connectivity index (χ1) is 8.02. The Morgan fingerprint density at radius 3 is 2.76 bits per heavy atom. The molecule has 5 heteroatoms. The van der Waals surface area contributed by atoms with Gasteiger partial charge in [-0.25, -0.2) is 0 Å². The highest BCUT2D eigenvalue weighted by atomic mass is 16.5. The van der Waals surface area contributed by atoms with Crippen molar-refractivity contribution < 1.29 is 19.7 Å². The Labute approximate surface area is 100 Å². The number of phenolic OH excluding ortho intramolecular Hbond substituents is 1. The Morgan fingerprint density at radius 1 is 1.53 bits per heavy atom. The summed E-state index contributed by atoms with van der Waals surface area (Å²) in [7, 11) is 1.48. The largest absolute Gasteiger partial charge is 0.504 e. The summed E-state index contributed by atoms with van der Waals surface area (Å²) in [5, 5.41) is 21.2. The number of carbonyl (C=O) groups is 1. The Balaban J connectivity index is 2.56. The van der Waals surface area contributed by atoms with Gasteiger partial charge < -0.3 is 20.3 Å². The Kier molecular flexibility index (Phi) is 4.63. The van der Waals surface area contributed by atoms with Crippen LogP contribution in [0.4, 0.5) is 5.69 Å². The van der Waals surface area contributed by atoms with Crippen LogP contribution < -0.4 is 10.1 Å². The summed E-state index contributed by atoms with van der Waals surface area (Å²) in [4.78, 5) is 10.4. The predicted molar refractivity (Wildman–Crippen MR) is 64.6 cm³/mol. The second-order valence-electron chi connectivity index (χ2n) is 3.86. The standard InChI is InChI=1S/C12H17NO4/c1-8(3-6-12(15)16)13-9-4-5-11(17-2)10(14)7-9/h4-5,7-8,13-14H,3,6H2,1-2H3,(H,15,16). The number of carboxylic acid groups (broad SMARTS) is 1. The van der Waals surface area contributed by atoms with Gasteiger partial charge in [-0.1, -0.05) is 0 Å². The smallest absolute Gasteiger partial charge is 0.303 e. The van der Waals surface area contributed by atoms with Gasteiger partial charge in [0.05, 0.1) is 7.11 Å². The van der Waals surface area contributed by atoms with Crippen LogP contribution in [0.1, 0.15) is 19.8 Å². The molecule has 1 aromatic carbocycles. The van der Waals surface area contributed by atoms with E-state index in [2.05, 4.69) is 5.32 Å². The summed E-state index contributed by atoms with van der Waals surface area (Å²) in [5.74, 6) is -0.340. The number of phenols is 1. The quantitative estimate of drug-likeness (QED) is 0.708. The third-order valence-electron chi connectivity index (χ3n) is 2.38. The summed E-state index contributed by atoms with van der Waals surface area (Å²) >= 11 is 0. The molecule has 0 radical (unpaired) electrons. The van der Waals surface area contributed by atoms with Gasteiger partial charge >= 0.3 is 5.97 Å². The first-order valence-corrected chi connectivity index (χ1v) is 5.38. The van der Waals surface area contributed by atoms with Crippen LogP contribution in [0.3, 0.4) is 0 Å². The van der Waals surface area contributed by atoms with Gasteiger partial charge in [-0.3, -0.25) is 4.79 Å². The number of aromatic hydroxyl groups is 1. The monoisotopic (exact) mass is 239 g/mol. The Morgan fingerprint density at radius 2 is 2.24 bits per heavy atom. The molecule has 1 aromatic rings. The van der Waals surface area contributed by atoms with Crippen molar-refractivity contribution in [3.8, 4) is 11.5 Å². The van der Waals surface area contributed by atoms with Gasteiger partial charge in [0.25, 0.3) is 0 Å². The molecule has 0 bridgehead atoms. The fourth-order valence-corrected chi connectivity index (χ4v) is 1.48. The fraction of sp³-hybridized carbons (Fsp3) is 0.417. The minimum absolute atomic E-state index is 0.0268. The molecular formula is C12H17NO4. The van der Waals surface area contributed by atoms with Gasteiger partial charge in [-0.2, -0.15) is 0 Å². The molecule has 3 N–H and O–H groups in total. The van der Waals surface area contributed by atoms with Gasteiger partial charge in [-0.15, -0.1) is 0 Å². The molecule has 0 saturated heterocycles. The maximum absolute atomic E-state index is 10.4. The van der Waals surface area contributed by atoms with E-state index in [0.29, 0.717) is 12.2 Å². The van der Waals surface area contributed by atoms with E-state index in [-0.39, 0.29) is 18.2 Å². The van der Waals surface area contributed by atoms with Gasteiger partial charge in [-0.05, 0) is 25.5 Å². The third kappa shape index (κ3) is 4.22. The third-order valence-corrected chi connectivity index (χ3v) is 2.38. The number of nitrogens with one attached hydrogen (secondary N) is 1. The van der Waals surface area contributed by atoms with Crippen molar-refractivity contribution in [2.24, 2.45) is 0 Å². The van der Waals surface area contributed by atoms with Gasteiger partial charge in [0, 0.05) is 24.2 Å². The van der Waals surface area contributed by atoms with Crippen molar-refractivity contribution in [3.63, 3.8) is 0 Å². The zero-order valence-corrected chi connectivity index (χ0v) is 9.93. The molecular weight excluding hydrogens is 222 g/mol. The fourth-order valence-electron chi connectivity index (χ4n) is 1.48. The highest BCUT2D eigenvalue weighted by Crippen LogP contribution is 2.28. The average molecular weight is 239 g/mol. The van der Waals surface area contributed by atoms with E-state index in [1.807, 2.05) is 6.92 Å². The lowest BCUT2D eigenvalue weighted by Crippen LogP contribution is -2.16. The molecule has 0 heterocycles. The van der Waals surface area contributed by atoms with Crippen molar-refractivity contribution in [1.29, 1.82) is 0 Å². The lowest BCUT2D eigenvalue weighted by Gasteiger charge is -2.15. The summed E-state index contributed by atoms with van der Waals surface area (Å²) in [6.07, 6.45) is 0.651. The molecule has 0 spiro atoms. The number of hydrogen-bond donors (Lipinski definition) is 3. The Hall–Kier alpha value is -1.91. The lowest BCUT2D eigenvalue weighted by molar-refractivity contribution is -0.137. The maximum atomic E-state index is 10.4. The van der Waals surface area contributed by atoms with E-state index in [0.717, 1.165) is 5.69 Å². The van der Waals surface area contributed by atoms with Crippen LogP contribution in [0.25, 0.3) is 0 Å². The maximum Gasteiger partial charge on any atom is 0.303 e. The Bertz CT molecular complexity index is 392. The van der Waals surface area contributed by atoms with Crippen LogP contribution in [-0.2, 0) is 4.79 Å². The van der Waals surface area contributed by atoms with Gasteiger partial charge in [0.1, 0.15) is 0 Å². The number of ether oxygens (including phenoxy) is 1. The lowest BCUT2D eigenvalue weighted by atomic mass is 10.1. The van der Waals surface area contributed by atoms with Crippen molar-refractivity contribution in [3.05, 3.63) is 18.2 Å². The number of methoxy groups -OCH3 is 1. The zero-order chi connectivity index (χ0) is 12.8. The summed E-state index contributed by atoms with van der Waals surface area (Å²) in [5.41, 5.74) is 0.737. The number of anilines is 1. The molecule has 94 valence electrons. The van der Waals surface area contributed by atoms with E-state index in [4.69, 9.17) is 9.84 Å². The molecule has 0 saturated carbocycles. The van der Waals surface area contributed by atoms with Crippen LogP contribution in [0.5, 0.6) is 11.5 Å². The van der Waals surface area contributed by atoms with Gasteiger partial charge in [0.15, 0.2) is 11.5 Å². The molecule has 17 heavy (non-hydrogen) atoms. The van der Waals surface area contributed by atoms with E-state index < -0.39 is 5.97 Å². The van der Waals surface area contributed by atoms with Crippen molar-refractivity contribution in [2.45, 2.75) is 25.8 Å². The van der Waals surface area contributed by atoms with E-state index in [9.17, 15) is 9.90 Å². The van der Waals surface area contributed by atoms with Gasteiger partial charge in [0.2, 0.25) is 0 Å². The zero-order valence-electron chi connectivity index (χ0n) is 9.93. The summed E-state index contributed by atoms with van der Waals surface area (Å²) in [6, 6.07) is 5.01. The molecule has 0 amide bonds. The van der Waals surface area contributed by atoms with Crippen LogP contribution in [-0.4, -0.2) is 29.3 Å². The normalized spacial score (nSPS) is 11.9. The number of hydrogen-bond acceptors (Lipinski definition) is 4. The predicted octanol–water partition coefficient (Wildman–Crippen LogP) is 2.07. The molecule has 0 fully saturated rings. The number of carboxylic acids is 1. The van der Waals surface area contributed by atoms with Crippen molar-refractivity contribution in [1.82, 2.24) is 0 Å².